The number of rotatable bonds is 6. The average Bonchev–Trinajstić information content (AvgIpc) is 2.34. The summed E-state index contributed by atoms with van der Waals surface area (Å²) in [6, 6.07) is 7.99. The van der Waals surface area contributed by atoms with Crippen LogP contribution in [0.15, 0.2) is 30.3 Å². The van der Waals surface area contributed by atoms with Crippen molar-refractivity contribution in [3.8, 4) is 5.75 Å². The van der Waals surface area contributed by atoms with Crippen LogP contribution in [0.3, 0.4) is 0 Å². The Hall–Kier alpha value is -2.04. The van der Waals surface area contributed by atoms with Crippen LogP contribution >= 0.6 is 0 Å². The second-order valence-corrected chi connectivity index (χ2v) is 4.23. The number of benzene rings is 1. The largest absolute Gasteiger partial charge is 0.484 e. The molecule has 2 N–H and O–H groups in total. The lowest BCUT2D eigenvalue weighted by Gasteiger charge is -2.17. The van der Waals surface area contributed by atoms with Gasteiger partial charge in [-0.2, -0.15) is 0 Å². The predicted molar refractivity (Wildman–Crippen MR) is 66.3 cm³/mol. The Morgan fingerprint density at radius 3 is 2.39 bits per heavy atom. The molecule has 1 rings (SSSR count). The first-order valence-corrected chi connectivity index (χ1v) is 5.70. The number of carbonyl (C=O) groups is 2. The fourth-order valence-electron chi connectivity index (χ4n) is 1.39. The van der Waals surface area contributed by atoms with E-state index in [1.54, 1.807) is 38.1 Å². The number of ether oxygens (including phenoxy) is 1. The molecule has 1 amide bonds. The topological polar surface area (TPSA) is 75.6 Å². The van der Waals surface area contributed by atoms with Crippen molar-refractivity contribution < 1.29 is 19.4 Å². The maximum atomic E-state index is 11.5. The maximum Gasteiger partial charge on any atom is 0.326 e. The first kappa shape index (κ1) is 14.0. The molecule has 1 aromatic carbocycles. The molecule has 5 nitrogen and oxygen atoms in total. The summed E-state index contributed by atoms with van der Waals surface area (Å²) in [7, 11) is 0. The highest BCUT2D eigenvalue weighted by Crippen LogP contribution is 2.08. The van der Waals surface area contributed by atoms with Crippen molar-refractivity contribution in [3.05, 3.63) is 30.3 Å². The minimum atomic E-state index is -1.04. The summed E-state index contributed by atoms with van der Waals surface area (Å²) >= 11 is 0. The number of amides is 1. The molecule has 0 aliphatic heterocycles. The molecule has 0 fully saturated rings. The van der Waals surface area contributed by atoms with Crippen molar-refractivity contribution in [1.82, 2.24) is 5.32 Å². The number of hydrogen-bond donors (Lipinski definition) is 2. The molecule has 0 aromatic heterocycles. The van der Waals surface area contributed by atoms with E-state index in [-0.39, 0.29) is 12.5 Å². The van der Waals surface area contributed by atoms with E-state index in [1.165, 1.54) is 0 Å². The average molecular weight is 251 g/mol. The van der Waals surface area contributed by atoms with Gasteiger partial charge in [0.1, 0.15) is 11.8 Å². The zero-order valence-electron chi connectivity index (χ0n) is 10.4. The molecule has 0 spiro atoms. The Morgan fingerprint density at radius 1 is 1.28 bits per heavy atom. The van der Waals surface area contributed by atoms with Crippen LogP contribution in [0.2, 0.25) is 0 Å². The number of carboxylic acid groups (broad SMARTS) is 1. The van der Waals surface area contributed by atoms with E-state index in [1.807, 2.05) is 6.07 Å². The molecule has 0 heterocycles. The molecular weight excluding hydrogens is 234 g/mol. The number of aliphatic carboxylic acids is 1. The van der Waals surface area contributed by atoms with Crippen LogP contribution in [0, 0.1) is 5.92 Å². The van der Waals surface area contributed by atoms with Crippen LogP contribution in [0.5, 0.6) is 5.75 Å². The van der Waals surface area contributed by atoms with E-state index in [0.717, 1.165) is 0 Å². The van der Waals surface area contributed by atoms with Crippen LogP contribution in [-0.4, -0.2) is 29.6 Å². The van der Waals surface area contributed by atoms with Crippen molar-refractivity contribution in [3.63, 3.8) is 0 Å². The minimum absolute atomic E-state index is 0.178. The molecule has 0 bridgehead atoms. The summed E-state index contributed by atoms with van der Waals surface area (Å²) in [6.07, 6.45) is 0. The second kappa shape index (κ2) is 6.64. The van der Waals surface area contributed by atoms with Crippen molar-refractivity contribution in [1.29, 1.82) is 0 Å². The van der Waals surface area contributed by atoms with E-state index in [2.05, 4.69) is 5.32 Å². The van der Waals surface area contributed by atoms with Crippen molar-refractivity contribution >= 4 is 11.9 Å². The van der Waals surface area contributed by atoms with Gasteiger partial charge in [0, 0.05) is 0 Å². The molecular formula is C13H17NO4. The van der Waals surface area contributed by atoms with Crippen molar-refractivity contribution in [2.45, 2.75) is 19.9 Å². The standard InChI is InChI=1S/C13H17NO4/c1-9(2)12(13(16)17)14-11(15)8-18-10-6-4-3-5-7-10/h3-7,9,12H,8H2,1-2H3,(H,14,15)(H,16,17)/t12-/m1/s1. The molecule has 1 aromatic rings. The van der Waals surface area contributed by atoms with Gasteiger partial charge >= 0.3 is 5.97 Å². The van der Waals surface area contributed by atoms with Gasteiger partial charge < -0.3 is 15.2 Å². The molecule has 18 heavy (non-hydrogen) atoms. The maximum absolute atomic E-state index is 11.5. The van der Waals surface area contributed by atoms with Gasteiger partial charge in [0.2, 0.25) is 0 Å². The molecule has 98 valence electrons. The highest BCUT2D eigenvalue weighted by molar-refractivity contribution is 5.84. The highest BCUT2D eigenvalue weighted by Gasteiger charge is 2.23. The molecule has 1 atom stereocenters. The summed E-state index contributed by atoms with van der Waals surface area (Å²) in [5.74, 6) is -1.09. The third-order valence-corrected chi connectivity index (χ3v) is 2.36. The smallest absolute Gasteiger partial charge is 0.326 e. The van der Waals surface area contributed by atoms with Gasteiger partial charge in [0.05, 0.1) is 0 Å². The van der Waals surface area contributed by atoms with Crippen LogP contribution in [0.1, 0.15) is 13.8 Å². The summed E-state index contributed by atoms with van der Waals surface area (Å²) < 4.78 is 5.22. The van der Waals surface area contributed by atoms with E-state index < -0.39 is 17.9 Å². The zero-order valence-corrected chi connectivity index (χ0v) is 10.4. The fourth-order valence-corrected chi connectivity index (χ4v) is 1.39. The van der Waals surface area contributed by atoms with Gasteiger partial charge in [-0.1, -0.05) is 32.0 Å². The third kappa shape index (κ3) is 4.45. The highest BCUT2D eigenvalue weighted by atomic mass is 16.5. The lowest BCUT2D eigenvalue weighted by Crippen LogP contribution is -2.46. The number of para-hydroxylation sites is 1. The van der Waals surface area contributed by atoms with Crippen molar-refractivity contribution in [2.75, 3.05) is 6.61 Å². The Kier molecular flexibility index (Phi) is 5.17. The summed E-state index contributed by atoms with van der Waals surface area (Å²) in [5, 5.41) is 11.3. The first-order valence-electron chi connectivity index (χ1n) is 5.70. The lowest BCUT2D eigenvalue weighted by atomic mass is 10.1. The molecule has 0 unspecified atom stereocenters. The predicted octanol–water partition coefficient (Wildman–Crippen LogP) is 1.29. The van der Waals surface area contributed by atoms with Gasteiger partial charge in [-0.3, -0.25) is 4.79 Å². The third-order valence-electron chi connectivity index (χ3n) is 2.36. The normalized spacial score (nSPS) is 11.9. The number of nitrogens with one attached hydrogen (secondary N) is 1. The Labute approximate surface area is 106 Å². The van der Waals surface area contributed by atoms with Gasteiger partial charge in [0.25, 0.3) is 5.91 Å². The number of hydrogen-bond acceptors (Lipinski definition) is 3. The first-order chi connectivity index (χ1) is 8.50. The SMILES string of the molecule is CC(C)[C@@H](NC(=O)COc1ccccc1)C(=O)O. The van der Waals surface area contributed by atoms with Gasteiger partial charge in [-0.15, -0.1) is 0 Å². The number of carboxylic acids is 1. The molecule has 0 radical (unpaired) electrons. The Bertz CT molecular complexity index is 403. The van der Waals surface area contributed by atoms with Gasteiger partial charge in [0.15, 0.2) is 6.61 Å². The van der Waals surface area contributed by atoms with E-state index in [4.69, 9.17) is 9.84 Å². The monoisotopic (exact) mass is 251 g/mol. The molecule has 0 aliphatic carbocycles. The molecule has 0 saturated heterocycles. The van der Waals surface area contributed by atoms with Crippen molar-refractivity contribution in [2.24, 2.45) is 5.92 Å². The minimum Gasteiger partial charge on any atom is -0.484 e. The van der Waals surface area contributed by atoms with Crippen LogP contribution in [0.25, 0.3) is 0 Å². The Morgan fingerprint density at radius 2 is 1.89 bits per heavy atom. The summed E-state index contributed by atoms with van der Waals surface area (Å²) in [4.78, 5) is 22.4. The van der Waals surface area contributed by atoms with Gasteiger partial charge in [-0.25, -0.2) is 4.79 Å². The van der Waals surface area contributed by atoms with Crippen LogP contribution < -0.4 is 10.1 Å². The molecule has 0 saturated carbocycles. The molecule has 0 aliphatic rings. The van der Waals surface area contributed by atoms with E-state index >= 15 is 0 Å². The molecule has 5 heteroatoms. The quantitative estimate of drug-likeness (QED) is 0.798. The van der Waals surface area contributed by atoms with Crippen LogP contribution in [-0.2, 0) is 9.59 Å². The second-order valence-electron chi connectivity index (χ2n) is 4.23. The summed E-state index contributed by atoms with van der Waals surface area (Å²) in [6.45, 7) is 3.27. The lowest BCUT2D eigenvalue weighted by molar-refractivity contribution is -0.143. The van der Waals surface area contributed by atoms with Crippen LogP contribution in [0.4, 0.5) is 0 Å². The zero-order chi connectivity index (χ0) is 13.5. The van der Waals surface area contributed by atoms with E-state index in [9.17, 15) is 9.59 Å². The van der Waals surface area contributed by atoms with Gasteiger partial charge in [-0.05, 0) is 18.1 Å². The van der Waals surface area contributed by atoms with E-state index in [0.29, 0.717) is 5.75 Å². The Balaban J connectivity index is 2.44. The number of carbonyl (C=O) groups excluding carboxylic acids is 1. The fraction of sp³-hybridized carbons (Fsp3) is 0.385. The summed E-state index contributed by atoms with van der Waals surface area (Å²) in [5.41, 5.74) is 0.